The summed E-state index contributed by atoms with van der Waals surface area (Å²) in [4.78, 5) is 12.5. The van der Waals surface area contributed by atoms with Crippen molar-refractivity contribution in [3.8, 4) is 0 Å². The number of unbranched alkanes of at least 4 members (excludes halogenated alkanes) is 32. The third-order valence-electron chi connectivity index (χ3n) is 10.8. The van der Waals surface area contributed by atoms with Crippen molar-refractivity contribution >= 4 is 5.91 Å². The molecule has 0 radical (unpaired) electrons. The summed E-state index contributed by atoms with van der Waals surface area (Å²) in [6.07, 6.45) is 52.3. The van der Waals surface area contributed by atoms with Crippen molar-refractivity contribution < 1.29 is 20.1 Å². The summed E-state index contributed by atoms with van der Waals surface area (Å²) >= 11 is 0. The molecule has 0 rings (SSSR count). The Hall–Kier alpha value is -1.17. The Labute approximate surface area is 324 Å². The van der Waals surface area contributed by atoms with E-state index in [-0.39, 0.29) is 6.61 Å². The van der Waals surface area contributed by atoms with Crippen molar-refractivity contribution in [2.75, 3.05) is 6.61 Å². The molecule has 0 heterocycles. The van der Waals surface area contributed by atoms with Crippen LogP contribution in [0.2, 0.25) is 0 Å². The van der Waals surface area contributed by atoms with Gasteiger partial charge in [0, 0.05) is 0 Å². The van der Waals surface area contributed by atoms with E-state index < -0.39 is 24.2 Å². The average Bonchev–Trinajstić information content (AvgIpc) is 3.15. The molecule has 0 aliphatic heterocycles. The molecule has 0 fully saturated rings. The van der Waals surface area contributed by atoms with E-state index in [1.807, 2.05) is 6.08 Å². The van der Waals surface area contributed by atoms with Crippen molar-refractivity contribution in [1.29, 1.82) is 0 Å². The minimum atomic E-state index is -1.10. The van der Waals surface area contributed by atoms with Gasteiger partial charge in [-0.3, -0.25) is 4.79 Å². The van der Waals surface area contributed by atoms with E-state index in [0.717, 1.165) is 38.5 Å². The van der Waals surface area contributed by atoms with E-state index in [0.29, 0.717) is 6.42 Å². The van der Waals surface area contributed by atoms with Gasteiger partial charge >= 0.3 is 0 Å². The quantitative estimate of drug-likeness (QED) is 0.0371. The van der Waals surface area contributed by atoms with Crippen LogP contribution in [0.5, 0.6) is 0 Å². The molecule has 0 saturated heterocycles. The molecule has 5 nitrogen and oxygen atoms in total. The number of amides is 1. The Kier molecular flexibility index (Phi) is 41.6. The van der Waals surface area contributed by atoms with Gasteiger partial charge in [0.1, 0.15) is 6.10 Å². The normalized spacial score (nSPS) is 13.7. The van der Waals surface area contributed by atoms with Gasteiger partial charge in [-0.1, -0.05) is 237 Å². The SMILES string of the molecule is CCCCCCCCC/C=C/CC/C=C/C(O)C(CO)NC(=O)C(O)CCCCCCCCCCCCCCCCCCCCCCCCCCC. The maximum Gasteiger partial charge on any atom is 0.249 e. The first-order valence-electron chi connectivity index (χ1n) is 23.2. The number of aliphatic hydroxyl groups excluding tert-OH is 3. The fourth-order valence-corrected chi connectivity index (χ4v) is 7.14. The summed E-state index contributed by atoms with van der Waals surface area (Å²) in [7, 11) is 0. The van der Waals surface area contributed by atoms with Crippen LogP contribution in [0.3, 0.4) is 0 Å². The molecule has 0 bridgehead atoms. The zero-order valence-electron chi connectivity index (χ0n) is 35.0. The second-order valence-electron chi connectivity index (χ2n) is 16.0. The van der Waals surface area contributed by atoms with Crippen LogP contribution >= 0.6 is 0 Å². The fourth-order valence-electron chi connectivity index (χ4n) is 7.14. The topological polar surface area (TPSA) is 89.8 Å². The van der Waals surface area contributed by atoms with E-state index in [2.05, 4.69) is 31.3 Å². The molecular weight excluding hydrogens is 643 g/mol. The highest BCUT2D eigenvalue weighted by Gasteiger charge is 2.22. The highest BCUT2D eigenvalue weighted by Crippen LogP contribution is 2.16. The van der Waals surface area contributed by atoms with Crippen LogP contribution in [0.15, 0.2) is 24.3 Å². The van der Waals surface area contributed by atoms with Crippen LogP contribution in [0, 0.1) is 0 Å². The van der Waals surface area contributed by atoms with Crippen molar-refractivity contribution in [3.05, 3.63) is 24.3 Å². The molecular formula is C47H91NO4. The van der Waals surface area contributed by atoms with E-state index in [1.54, 1.807) is 6.08 Å². The molecule has 0 aromatic rings. The van der Waals surface area contributed by atoms with E-state index >= 15 is 0 Å². The molecule has 0 aliphatic rings. The minimum absolute atomic E-state index is 0.373. The summed E-state index contributed by atoms with van der Waals surface area (Å²) in [5, 5.41) is 33.1. The maximum absolute atomic E-state index is 12.5. The molecule has 3 unspecified atom stereocenters. The lowest BCUT2D eigenvalue weighted by Crippen LogP contribution is -2.48. The summed E-state index contributed by atoms with van der Waals surface area (Å²) in [6, 6.07) is -0.810. The Bertz CT molecular complexity index is 768. The first kappa shape index (κ1) is 50.8. The predicted molar refractivity (Wildman–Crippen MR) is 227 cm³/mol. The summed E-state index contributed by atoms with van der Waals surface area (Å²) in [5.41, 5.74) is 0. The molecule has 52 heavy (non-hydrogen) atoms. The van der Waals surface area contributed by atoms with Gasteiger partial charge in [0.15, 0.2) is 0 Å². The van der Waals surface area contributed by atoms with Gasteiger partial charge in [-0.05, 0) is 32.1 Å². The number of carbonyl (C=O) groups excluding carboxylic acids is 1. The number of allylic oxidation sites excluding steroid dienone is 3. The molecule has 3 atom stereocenters. The Morgan fingerprint density at radius 1 is 0.462 bits per heavy atom. The first-order valence-corrected chi connectivity index (χ1v) is 23.2. The third-order valence-corrected chi connectivity index (χ3v) is 10.8. The second-order valence-corrected chi connectivity index (χ2v) is 16.0. The average molecular weight is 734 g/mol. The predicted octanol–water partition coefficient (Wildman–Crippen LogP) is 13.4. The van der Waals surface area contributed by atoms with Crippen molar-refractivity contribution in [1.82, 2.24) is 5.32 Å². The molecule has 0 saturated carbocycles. The number of nitrogens with one attached hydrogen (secondary N) is 1. The molecule has 0 aliphatic carbocycles. The van der Waals surface area contributed by atoms with Gasteiger partial charge in [-0.25, -0.2) is 0 Å². The van der Waals surface area contributed by atoms with Gasteiger partial charge < -0.3 is 20.6 Å². The van der Waals surface area contributed by atoms with Gasteiger partial charge in [0.05, 0.1) is 18.8 Å². The largest absolute Gasteiger partial charge is 0.394 e. The Morgan fingerprint density at radius 2 is 0.788 bits per heavy atom. The van der Waals surface area contributed by atoms with Crippen LogP contribution in [-0.4, -0.2) is 46.1 Å². The lowest BCUT2D eigenvalue weighted by molar-refractivity contribution is -0.131. The summed E-state index contributed by atoms with van der Waals surface area (Å²) < 4.78 is 0. The van der Waals surface area contributed by atoms with Crippen LogP contribution < -0.4 is 5.32 Å². The molecule has 308 valence electrons. The zero-order valence-corrected chi connectivity index (χ0v) is 35.0. The van der Waals surface area contributed by atoms with Gasteiger partial charge in [-0.2, -0.15) is 0 Å². The van der Waals surface area contributed by atoms with Crippen LogP contribution in [0.1, 0.15) is 245 Å². The molecule has 0 spiro atoms. The Morgan fingerprint density at radius 3 is 1.17 bits per heavy atom. The second kappa shape index (κ2) is 42.6. The molecule has 0 aromatic heterocycles. The number of hydrogen-bond donors (Lipinski definition) is 4. The smallest absolute Gasteiger partial charge is 0.249 e. The highest BCUT2D eigenvalue weighted by atomic mass is 16.3. The third kappa shape index (κ3) is 37.2. The maximum atomic E-state index is 12.5. The zero-order chi connectivity index (χ0) is 38.0. The first-order chi connectivity index (χ1) is 25.6. The van der Waals surface area contributed by atoms with Crippen molar-refractivity contribution in [2.24, 2.45) is 0 Å². The van der Waals surface area contributed by atoms with Crippen molar-refractivity contribution in [3.63, 3.8) is 0 Å². The lowest BCUT2D eigenvalue weighted by atomic mass is 10.0. The lowest BCUT2D eigenvalue weighted by Gasteiger charge is -2.21. The number of aliphatic hydroxyl groups is 3. The van der Waals surface area contributed by atoms with Gasteiger partial charge in [-0.15, -0.1) is 0 Å². The molecule has 0 aromatic carbocycles. The van der Waals surface area contributed by atoms with E-state index in [4.69, 9.17) is 0 Å². The summed E-state index contributed by atoms with van der Waals surface area (Å²) in [5.74, 6) is -0.510. The standard InChI is InChI=1S/C47H91NO4/c1-3-5-7-9-11-13-15-17-18-19-20-21-22-23-24-25-26-27-28-30-32-34-36-38-40-42-46(51)47(52)48-44(43-49)45(50)41-39-37-35-33-31-29-16-14-12-10-8-6-4-2/h31,33,39,41,44-46,49-51H,3-30,32,34-38,40,42-43H2,1-2H3,(H,48,52)/b33-31+,41-39+. The molecule has 5 heteroatoms. The summed E-state index contributed by atoms with van der Waals surface area (Å²) in [6.45, 7) is 4.17. The Balaban J connectivity index is 3.59. The molecule has 1 amide bonds. The number of carbonyl (C=O) groups is 1. The number of hydrogen-bond acceptors (Lipinski definition) is 4. The van der Waals surface area contributed by atoms with E-state index in [1.165, 1.54) is 186 Å². The minimum Gasteiger partial charge on any atom is -0.394 e. The monoisotopic (exact) mass is 734 g/mol. The molecule has 4 N–H and O–H groups in total. The van der Waals surface area contributed by atoms with Crippen molar-refractivity contribution in [2.45, 2.75) is 263 Å². The fraction of sp³-hybridized carbons (Fsp3) is 0.894. The van der Waals surface area contributed by atoms with Crippen LogP contribution in [0.4, 0.5) is 0 Å². The van der Waals surface area contributed by atoms with E-state index in [9.17, 15) is 20.1 Å². The van der Waals surface area contributed by atoms with Gasteiger partial charge in [0.2, 0.25) is 5.91 Å². The van der Waals surface area contributed by atoms with Crippen LogP contribution in [-0.2, 0) is 4.79 Å². The van der Waals surface area contributed by atoms with Gasteiger partial charge in [0.25, 0.3) is 0 Å². The highest BCUT2D eigenvalue weighted by molar-refractivity contribution is 5.80. The van der Waals surface area contributed by atoms with Crippen LogP contribution in [0.25, 0.3) is 0 Å². The number of rotatable bonds is 42.